The SMILES string of the molecule is O=C(O)C1CCCN(C(c2cccnc2)c2nc3ccccc3s2)C1. The fourth-order valence-corrected chi connectivity index (χ4v) is 4.63. The van der Waals surface area contributed by atoms with Crippen LogP contribution in [-0.2, 0) is 4.79 Å². The molecule has 1 fully saturated rings. The van der Waals surface area contributed by atoms with Crippen LogP contribution in [0, 0.1) is 5.92 Å². The van der Waals surface area contributed by atoms with Gasteiger partial charge in [0.2, 0.25) is 0 Å². The average molecular weight is 353 g/mol. The second-order valence-corrected chi connectivity index (χ2v) is 7.44. The van der Waals surface area contributed by atoms with Crippen molar-refractivity contribution < 1.29 is 9.90 Å². The number of para-hydroxylation sites is 1. The average Bonchev–Trinajstić information content (AvgIpc) is 3.06. The number of piperidine rings is 1. The number of rotatable bonds is 4. The van der Waals surface area contributed by atoms with Crippen molar-refractivity contribution >= 4 is 27.5 Å². The third kappa shape index (κ3) is 3.27. The molecule has 1 aliphatic heterocycles. The standard InChI is InChI=1S/C19H19N3O2S/c23-19(24)14-6-4-10-22(12-14)17(13-5-3-9-20-11-13)18-21-15-7-1-2-8-16(15)25-18/h1-3,5,7-9,11,14,17H,4,6,10,12H2,(H,23,24). The largest absolute Gasteiger partial charge is 0.481 e. The minimum absolute atomic E-state index is 0.0479. The molecule has 0 saturated carbocycles. The van der Waals surface area contributed by atoms with E-state index in [1.165, 1.54) is 0 Å². The van der Waals surface area contributed by atoms with Gasteiger partial charge in [-0.1, -0.05) is 18.2 Å². The molecular formula is C19H19N3O2S. The molecule has 1 N–H and O–H groups in total. The van der Waals surface area contributed by atoms with Crippen molar-refractivity contribution in [3.05, 3.63) is 59.4 Å². The van der Waals surface area contributed by atoms with Gasteiger partial charge in [-0.25, -0.2) is 4.98 Å². The van der Waals surface area contributed by atoms with Crippen molar-refractivity contribution in [3.8, 4) is 0 Å². The van der Waals surface area contributed by atoms with Gasteiger partial charge in [0.15, 0.2) is 0 Å². The van der Waals surface area contributed by atoms with Crippen LogP contribution in [0.1, 0.15) is 29.5 Å². The fourth-order valence-electron chi connectivity index (χ4n) is 3.50. The molecule has 0 aliphatic carbocycles. The van der Waals surface area contributed by atoms with E-state index >= 15 is 0 Å². The van der Waals surface area contributed by atoms with E-state index in [-0.39, 0.29) is 12.0 Å². The summed E-state index contributed by atoms with van der Waals surface area (Å²) in [5.41, 5.74) is 2.05. The summed E-state index contributed by atoms with van der Waals surface area (Å²) in [6, 6.07) is 12.0. The number of aliphatic carboxylic acids is 1. The van der Waals surface area contributed by atoms with Crippen LogP contribution in [0.15, 0.2) is 48.8 Å². The van der Waals surface area contributed by atoms with Crippen LogP contribution in [0.3, 0.4) is 0 Å². The topological polar surface area (TPSA) is 66.3 Å². The third-order valence-corrected chi connectivity index (χ3v) is 5.80. The highest BCUT2D eigenvalue weighted by Gasteiger charge is 2.32. The molecule has 0 amide bonds. The predicted octanol–water partition coefficient (Wildman–Crippen LogP) is 3.58. The number of fused-ring (bicyclic) bond motifs is 1. The van der Waals surface area contributed by atoms with Crippen LogP contribution >= 0.6 is 11.3 Å². The number of carboxylic acids is 1. The van der Waals surface area contributed by atoms with Crippen molar-refractivity contribution in [2.75, 3.05) is 13.1 Å². The highest BCUT2D eigenvalue weighted by molar-refractivity contribution is 7.18. The molecule has 0 radical (unpaired) electrons. The highest BCUT2D eigenvalue weighted by Crippen LogP contribution is 2.36. The zero-order valence-corrected chi connectivity index (χ0v) is 14.5. The summed E-state index contributed by atoms with van der Waals surface area (Å²) in [5.74, 6) is -1.03. The molecule has 3 heterocycles. The van der Waals surface area contributed by atoms with E-state index in [4.69, 9.17) is 4.98 Å². The molecule has 128 valence electrons. The summed E-state index contributed by atoms with van der Waals surface area (Å²) in [6.07, 6.45) is 5.25. The Morgan fingerprint density at radius 1 is 1.28 bits per heavy atom. The molecule has 1 aliphatic rings. The second-order valence-electron chi connectivity index (χ2n) is 6.38. The first-order valence-corrected chi connectivity index (χ1v) is 9.26. The van der Waals surface area contributed by atoms with Gasteiger partial charge in [-0.05, 0) is 43.1 Å². The summed E-state index contributed by atoms with van der Waals surface area (Å²) < 4.78 is 1.15. The van der Waals surface area contributed by atoms with Gasteiger partial charge in [0, 0.05) is 18.9 Å². The Morgan fingerprint density at radius 2 is 2.16 bits per heavy atom. The number of pyridine rings is 1. The molecule has 0 bridgehead atoms. The van der Waals surface area contributed by atoms with Crippen LogP contribution < -0.4 is 0 Å². The second kappa shape index (κ2) is 6.90. The molecule has 3 aromatic rings. The summed E-state index contributed by atoms with van der Waals surface area (Å²) in [5, 5.41) is 10.4. The van der Waals surface area contributed by atoms with Crippen molar-refractivity contribution in [1.82, 2.24) is 14.9 Å². The normalized spacial score (nSPS) is 19.8. The van der Waals surface area contributed by atoms with Crippen molar-refractivity contribution in [2.24, 2.45) is 5.92 Å². The van der Waals surface area contributed by atoms with Crippen LogP contribution in [0.25, 0.3) is 10.2 Å². The third-order valence-electron chi connectivity index (χ3n) is 4.71. The summed E-state index contributed by atoms with van der Waals surface area (Å²) in [7, 11) is 0. The van der Waals surface area contributed by atoms with Crippen molar-refractivity contribution in [1.29, 1.82) is 0 Å². The lowest BCUT2D eigenvalue weighted by atomic mass is 9.95. The molecule has 4 rings (SSSR count). The number of carbonyl (C=O) groups is 1. The molecule has 6 heteroatoms. The molecule has 1 aromatic carbocycles. The van der Waals surface area contributed by atoms with Crippen molar-refractivity contribution in [3.63, 3.8) is 0 Å². The van der Waals surface area contributed by atoms with E-state index in [0.717, 1.165) is 40.2 Å². The van der Waals surface area contributed by atoms with Gasteiger partial charge in [-0.2, -0.15) is 0 Å². The molecule has 2 unspecified atom stereocenters. The highest BCUT2D eigenvalue weighted by atomic mass is 32.1. The van der Waals surface area contributed by atoms with Crippen molar-refractivity contribution in [2.45, 2.75) is 18.9 Å². The molecule has 25 heavy (non-hydrogen) atoms. The molecular weight excluding hydrogens is 334 g/mol. The number of aromatic nitrogens is 2. The maximum Gasteiger partial charge on any atom is 0.307 e. The number of benzene rings is 1. The Hall–Kier alpha value is -2.31. The van der Waals surface area contributed by atoms with Gasteiger partial charge in [0.05, 0.1) is 22.2 Å². The number of hydrogen-bond acceptors (Lipinski definition) is 5. The fraction of sp³-hybridized carbons (Fsp3) is 0.316. The lowest BCUT2D eigenvalue weighted by Gasteiger charge is -2.36. The quantitative estimate of drug-likeness (QED) is 0.777. The maximum atomic E-state index is 11.5. The first-order chi connectivity index (χ1) is 12.2. The number of carboxylic acid groups (broad SMARTS) is 1. The predicted molar refractivity (Wildman–Crippen MR) is 97.6 cm³/mol. The lowest BCUT2D eigenvalue weighted by molar-refractivity contribution is -0.143. The molecule has 1 saturated heterocycles. The van der Waals surface area contributed by atoms with Gasteiger partial charge < -0.3 is 5.11 Å². The van der Waals surface area contributed by atoms with Crippen LogP contribution in [-0.4, -0.2) is 39.0 Å². The van der Waals surface area contributed by atoms with Gasteiger partial charge >= 0.3 is 5.97 Å². The zero-order chi connectivity index (χ0) is 17.2. The van der Waals surface area contributed by atoms with E-state index < -0.39 is 5.97 Å². The summed E-state index contributed by atoms with van der Waals surface area (Å²) in [4.78, 5) is 22.8. The van der Waals surface area contributed by atoms with Gasteiger partial charge in [-0.3, -0.25) is 14.7 Å². The Bertz CT molecular complexity index is 848. The zero-order valence-electron chi connectivity index (χ0n) is 13.7. The summed E-state index contributed by atoms with van der Waals surface area (Å²) >= 11 is 1.68. The van der Waals surface area contributed by atoms with Crippen LogP contribution in [0.5, 0.6) is 0 Å². The van der Waals surface area contributed by atoms with Crippen LogP contribution in [0.2, 0.25) is 0 Å². The van der Waals surface area contributed by atoms with E-state index in [9.17, 15) is 9.90 Å². The Labute approximate surface area is 150 Å². The molecule has 2 atom stereocenters. The number of nitrogens with zero attached hydrogens (tertiary/aromatic N) is 3. The first-order valence-electron chi connectivity index (χ1n) is 8.44. The van der Waals surface area contributed by atoms with E-state index in [2.05, 4.69) is 16.0 Å². The number of likely N-dealkylation sites (tertiary alicyclic amines) is 1. The minimum Gasteiger partial charge on any atom is -0.481 e. The van der Waals surface area contributed by atoms with Gasteiger partial charge in [-0.15, -0.1) is 11.3 Å². The lowest BCUT2D eigenvalue weighted by Crippen LogP contribution is -2.41. The van der Waals surface area contributed by atoms with E-state index in [0.29, 0.717) is 6.54 Å². The monoisotopic (exact) mass is 353 g/mol. The maximum absolute atomic E-state index is 11.5. The van der Waals surface area contributed by atoms with Gasteiger partial charge in [0.1, 0.15) is 5.01 Å². The summed E-state index contributed by atoms with van der Waals surface area (Å²) in [6.45, 7) is 1.42. The molecule has 0 spiro atoms. The number of thiazole rings is 1. The Morgan fingerprint density at radius 3 is 2.92 bits per heavy atom. The van der Waals surface area contributed by atoms with E-state index in [1.54, 1.807) is 17.5 Å². The molecule has 5 nitrogen and oxygen atoms in total. The smallest absolute Gasteiger partial charge is 0.307 e. The number of hydrogen-bond donors (Lipinski definition) is 1. The van der Waals surface area contributed by atoms with Crippen LogP contribution in [0.4, 0.5) is 0 Å². The molecule has 2 aromatic heterocycles. The van der Waals surface area contributed by atoms with Gasteiger partial charge in [0.25, 0.3) is 0 Å². The minimum atomic E-state index is -0.709. The Balaban J connectivity index is 1.75. The van der Waals surface area contributed by atoms with E-state index in [1.807, 2.05) is 36.5 Å². The first kappa shape index (κ1) is 16.2. The Kier molecular flexibility index (Phi) is 4.46.